The molecular weight excluding hydrogens is 274 g/mol. The van der Waals surface area contributed by atoms with E-state index in [1.807, 2.05) is 6.07 Å². The lowest BCUT2D eigenvalue weighted by Gasteiger charge is -2.08. The van der Waals surface area contributed by atoms with E-state index >= 15 is 0 Å². The summed E-state index contributed by atoms with van der Waals surface area (Å²) in [7, 11) is 0. The van der Waals surface area contributed by atoms with Crippen molar-refractivity contribution in [3.63, 3.8) is 0 Å². The zero-order valence-electron chi connectivity index (χ0n) is 11.4. The lowest BCUT2D eigenvalue weighted by atomic mass is 10.2. The summed E-state index contributed by atoms with van der Waals surface area (Å²) in [6.07, 6.45) is 0. The van der Waals surface area contributed by atoms with Gasteiger partial charge in [0.1, 0.15) is 0 Å². The minimum atomic E-state index is -0.386. The molecule has 0 spiro atoms. The van der Waals surface area contributed by atoms with Crippen LogP contribution in [0.5, 0.6) is 0 Å². The second-order valence-corrected chi connectivity index (χ2v) is 4.22. The lowest BCUT2D eigenvalue weighted by Crippen LogP contribution is -2.36. The number of nitrogens with zero attached hydrogens (tertiary/aromatic N) is 4. The fourth-order valence-electron chi connectivity index (χ4n) is 1.64. The van der Waals surface area contributed by atoms with Crippen LogP contribution in [-0.4, -0.2) is 45.1 Å². The van der Waals surface area contributed by atoms with Crippen LogP contribution in [0.3, 0.4) is 0 Å². The molecule has 0 aliphatic heterocycles. The topological polar surface area (TPSA) is 128 Å². The summed E-state index contributed by atoms with van der Waals surface area (Å²) in [4.78, 5) is 22.7. The first-order chi connectivity index (χ1) is 10.1. The minimum Gasteiger partial charge on any atom is -0.346 e. The van der Waals surface area contributed by atoms with Gasteiger partial charge in [-0.3, -0.25) is 9.59 Å². The molecule has 0 atom stereocenters. The Hall–Kier alpha value is -2.81. The summed E-state index contributed by atoms with van der Waals surface area (Å²) < 4.78 is 1.55. The Labute approximate surface area is 120 Å². The largest absolute Gasteiger partial charge is 0.346 e. The molecule has 0 unspecified atom stereocenters. The number of nitrogens with one attached hydrogen (secondary N) is 2. The maximum atomic E-state index is 11.7. The van der Waals surface area contributed by atoms with E-state index in [0.29, 0.717) is 11.5 Å². The number of rotatable bonds is 5. The molecule has 1 aromatic carbocycles. The maximum absolute atomic E-state index is 11.7. The van der Waals surface area contributed by atoms with Crippen LogP contribution in [0.25, 0.3) is 5.69 Å². The number of anilines is 1. The SMILES string of the molecule is Cc1nnnn1-c1cccc(NC(=O)CNC(=O)CN)c1. The highest BCUT2D eigenvalue weighted by atomic mass is 16.2. The monoisotopic (exact) mass is 289 g/mol. The average molecular weight is 289 g/mol. The molecule has 110 valence electrons. The molecule has 0 fully saturated rings. The molecule has 0 aliphatic carbocycles. The zero-order chi connectivity index (χ0) is 15.2. The Balaban J connectivity index is 2.03. The van der Waals surface area contributed by atoms with Crippen molar-refractivity contribution in [3.05, 3.63) is 30.1 Å². The van der Waals surface area contributed by atoms with Crippen molar-refractivity contribution in [1.82, 2.24) is 25.5 Å². The molecule has 4 N–H and O–H groups in total. The van der Waals surface area contributed by atoms with Crippen LogP contribution in [0.1, 0.15) is 5.82 Å². The van der Waals surface area contributed by atoms with Crippen molar-refractivity contribution in [2.75, 3.05) is 18.4 Å². The Morgan fingerprint density at radius 2 is 2.14 bits per heavy atom. The molecule has 1 aromatic heterocycles. The molecule has 0 aliphatic rings. The highest BCUT2D eigenvalue weighted by Crippen LogP contribution is 2.14. The average Bonchev–Trinajstić information content (AvgIpc) is 2.91. The Morgan fingerprint density at radius 1 is 1.33 bits per heavy atom. The van der Waals surface area contributed by atoms with E-state index in [1.54, 1.807) is 29.8 Å². The van der Waals surface area contributed by atoms with Gasteiger partial charge in [-0.1, -0.05) is 6.07 Å². The highest BCUT2D eigenvalue weighted by Gasteiger charge is 2.07. The van der Waals surface area contributed by atoms with Gasteiger partial charge in [0.25, 0.3) is 0 Å². The molecule has 0 radical (unpaired) electrons. The van der Waals surface area contributed by atoms with Crippen molar-refractivity contribution < 1.29 is 9.59 Å². The molecule has 0 saturated heterocycles. The van der Waals surface area contributed by atoms with Gasteiger partial charge in [0.05, 0.1) is 18.8 Å². The summed E-state index contributed by atoms with van der Waals surface area (Å²) in [5, 5.41) is 16.3. The van der Waals surface area contributed by atoms with E-state index < -0.39 is 0 Å². The summed E-state index contributed by atoms with van der Waals surface area (Å²) in [5.41, 5.74) is 6.44. The molecule has 2 aromatic rings. The normalized spacial score (nSPS) is 10.2. The smallest absolute Gasteiger partial charge is 0.243 e. The van der Waals surface area contributed by atoms with Gasteiger partial charge in [-0.25, -0.2) is 0 Å². The van der Waals surface area contributed by atoms with Crippen molar-refractivity contribution in [1.29, 1.82) is 0 Å². The second-order valence-electron chi connectivity index (χ2n) is 4.22. The predicted molar refractivity (Wildman–Crippen MR) is 74.6 cm³/mol. The van der Waals surface area contributed by atoms with Gasteiger partial charge >= 0.3 is 0 Å². The first-order valence-electron chi connectivity index (χ1n) is 6.22. The van der Waals surface area contributed by atoms with Crippen molar-refractivity contribution >= 4 is 17.5 Å². The standard InChI is InChI=1S/C12H15N7O2/c1-8-16-17-18-19(8)10-4-2-3-9(5-10)15-12(21)7-14-11(20)6-13/h2-5H,6-7,13H2,1H3,(H,14,20)(H,15,21). The fourth-order valence-corrected chi connectivity index (χ4v) is 1.64. The van der Waals surface area contributed by atoms with Crippen LogP contribution in [0.2, 0.25) is 0 Å². The molecule has 0 saturated carbocycles. The number of nitrogens with two attached hydrogens (primary N) is 1. The second kappa shape index (κ2) is 6.57. The number of benzene rings is 1. The van der Waals surface area contributed by atoms with Crippen LogP contribution in [0.15, 0.2) is 24.3 Å². The predicted octanol–water partition coefficient (Wildman–Crippen LogP) is -1.02. The molecule has 9 nitrogen and oxygen atoms in total. The fraction of sp³-hybridized carbons (Fsp3) is 0.250. The maximum Gasteiger partial charge on any atom is 0.243 e. The van der Waals surface area contributed by atoms with Gasteiger partial charge < -0.3 is 16.4 Å². The van der Waals surface area contributed by atoms with E-state index in [-0.39, 0.29) is 24.9 Å². The van der Waals surface area contributed by atoms with Crippen molar-refractivity contribution in [2.24, 2.45) is 5.73 Å². The Morgan fingerprint density at radius 3 is 2.81 bits per heavy atom. The van der Waals surface area contributed by atoms with Crippen LogP contribution in [-0.2, 0) is 9.59 Å². The third-order valence-corrected chi connectivity index (χ3v) is 2.63. The van der Waals surface area contributed by atoms with Crippen LogP contribution in [0, 0.1) is 6.92 Å². The molecule has 2 amide bonds. The molecule has 9 heteroatoms. The zero-order valence-corrected chi connectivity index (χ0v) is 11.4. The highest BCUT2D eigenvalue weighted by molar-refractivity contribution is 5.94. The Bertz CT molecular complexity index is 653. The third-order valence-electron chi connectivity index (χ3n) is 2.63. The minimum absolute atomic E-state index is 0.135. The number of amides is 2. The van der Waals surface area contributed by atoms with Crippen LogP contribution in [0.4, 0.5) is 5.69 Å². The van der Waals surface area contributed by atoms with Crippen molar-refractivity contribution in [2.45, 2.75) is 6.92 Å². The van der Waals surface area contributed by atoms with Crippen molar-refractivity contribution in [3.8, 4) is 5.69 Å². The molecule has 0 bridgehead atoms. The summed E-state index contributed by atoms with van der Waals surface area (Å²) in [5.74, 6) is -0.0979. The molecule has 21 heavy (non-hydrogen) atoms. The first-order valence-corrected chi connectivity index (χ1v) is 6.22. The molecular formula is C12H15N7O2. The van der Waals surface area contributed by atoms with E-state index in [9.17, 15) is 9.59 Å². The molecule has 2 rings (SSSR count). The van der Waals surface area contributed by atoms with E-state index in [2.05, 4.69) is 26.2 Å². The lowest BCUT2D eigenvalue weighted by molar-refractivity contribution is -0.123. The quantitative estimate of drug-likeness (QED) is 0.646. The summed E-state index contributed by atoms with van der Waals surface area (Å²) >= 11 is 0. The van der Waals surface area contributed by atoms with Gasteiger partial charge in [-0.05, 0) is 35.5 Å². The van der Waals surface area contributed by atoms with Gasteiger partial charge in [0.15, 0.2) is 5.82 Å². The van der Waals surface area contributed by atoms with Crippen LogP contribution >= 0.6 is 0 Å². The number of hydrogen-bond donors (Lipinski definition) is 3. The third kappa shape index (κ3) is 3.83. The first kappa shape index (κ1) is 14.6. The van der Waals surface area contributed by atoms with Crippen LogP contribution < -0.4 is 16.4 Å². The number of tetrazole rings is 1. The van der Waals surface area contributed by atoms with Gasteiger partial charge in [0.2, 0.25) is 11.8 Å². The number of hydrogen-bond acceptors (Lipinski definition) is 6. The number of aryl methyl sites for hydroxylation is 1. The summed E-state index contributed by atoms with van der Waals surface area (Å²) in [6, 6.07) is 7.04. The van der Waals surface area contributed by atoms with Gasteiger partial charge in [-0.2, -0.15) is 4.68 Å². The summed E-state index contributed by atoms with van der Waals surface area (Å²) in [6.45, 7) is 1.49. The van der Waals surface area contributed by atoms with Gasteiger partial charge in [-0.15, -0.1) is 5.10 Å². The number of carbonyl (C=O) groups is 2. The number of aromatic nitrogens is 4. The van der Waals surface area contributed by atoms with E-state index in [0.717, 1.165) is 5.69 Å². The molecule has 1 heterocycles. The Kier molecular flexibility index (Phi) is 4.57. The van der Waals surface area contributed by atoms with Gasteiger partial charge in [0, 0.05) is 5.69 Å². The van der Waals surface area contributed by atoms with E-state index in [4.69, 9.17) is 5.73 Å². The number of carbonyl (C=O) groups excluding carboxylic acids is 2. The van der Waals surface area contributed by atoms with E-state index in [1.165, 1.54) is 0 Å².